The summed E-state index contributed by atoms with van der Waals surface area (Å²) in [5, 5.41) is 2.00. The van der Waals surface area contributed by atoms with Gasteiger partial charge in [-0.1, -0.05) is 6.07 Å². The van der Waals surface area contributed by atoms with Gasteiger partial charge in [-0.25, -0.2) is 0 Å². The first-order valence-electron chi connectivity index (χ1n) is 9.53. The second kappa shape index (κ2) is 8.23. The number of nitrogens with zero attached hydrogens (tertiary/aromatic N) is 2. The molecule has 10 heteroatoms. The number of alkyl halides is 3. The monoisotopic (exact) mass is 452 g/mol. The fourth-order valence-electron chi connectivity index (χ4n) is 3.35. The number of carbonyl (C=O) groups is 2. The number of halogens is 3. The number of anilines is 1. The van der Waals surface area contributed by atoms with Crippen molar-refractivity contribution in [3.63, 3.8) is 0 Å². The van der Waals surface area contributed by atoms with Crippen molar-refractivity contribution in [3.8, 4) is 16.8 Å². The first-order chi connectivity index (χ1) is 15.6. The SMILES string of the molecule is NC(=O)c1cn(-c2ccc(NC(=O)C(F)(F)F)cc2)c2cc(-c3ccncc3)ccc2c1=O. The first kappa shape index (κ1) is 21.8. The third kappa shape index (κ3) is 4.31. The van der Waals surface area contributed by atoms with Gasteiger partial charge in [-0.05, 0) is 59.7 Å². The lowest BCUT2D eigenvalue weighted by Gasteiger charge is -2.15. The van der Waals surface area contributed by atoms with E-state index in [-0.39, 0.29) is 16.6 Å². The number of carbonyl (C=O) groups excluding carboxylic acids is 2. The van der Waals surface area contributed by atoms with Gasteiger partial charge >= 0.3 is 12.1 Å². The molecule has 0 aliphatic rings. The number of benzene rings is 2. The molecular weight excluding hydrogens is 437 g/mol. The zero-order valence-electron chi connectivity index (χ0n) is 16.8. The number of hydrogen-bond donors (Lipinski definition) is 2. The first-order valence-corrected chi connectivity index (χ1v) is 9.53. The predicted molar refractivity (Wildman–Crippen MR) is 116 cm³/mol. The molecule has 3 N–H and O–H groups in total. The summed E-state index contributed by atoms with van der Waals surface area (Å²) in [6, 6.07) is 14.1. The summed E-state index contributed by atoms with van der Waals surface area (Å²) in [5.74, 6) is -3.01. The molecule has 4 aromatic rings. The fourth-order valence-corrected chi connectivity index (χ4v) is 3.35. The maximum atomic E-state index is 12.8. The van der Waals surface area contributed by atoms with E-state index in [2.05, 4.69) is 4.98 Å². The van der Waals surface area contributed by atoms with E-state index in [0.717, 1.165) is 11.1 Å². The third-order valence-corrected chi connectivity index (χ3v) is 4.94. The van der Waals surface area contributed by atoms with Gasteiger partial charge in [0.25, 0.3) is 5.91 Å². The minimum Gasteiger partial charge on any atom is -0.365 e. The molecule has 7 nitrogen and oxygen atoms in total. The summed E-state index contributed by atoms with van der Waals surface area (Å²) in [4.78, 5) is 39.8. The van der Waals surface area contributed by atoms with Crippen LogP contribution in [0.1, 0.15) is 10.4 Å². The molecule has 0 fully saturated rings. The standard InChI is InChI=1S/C23H15F3N4O3/c24-23(25,26)22(33)29-15-2-4-16(5-3-15)30-12-18(21(27)32)20(31)17-6-1-14(11-19(17)30)13-7-9-28-10-8-13/h1-12H,(H2,27,32)(H,29,33). The van der Waals surface area contributed by atoms with Crippen LogP contribution in [0.4, 0.5) is 18.9 Å². The fraction of sp³-hybridized carbons (Fsp3) is 0.0435. The average molecular weight is 452 g/mol. The number of amides is 2. The van der Waals surface area contributed by atoms with Crippen LogP contribution in [-0.2, 0) is 4.79 Å². The van der Waals surface area contributed by atoms with Crippen molar-refractivity contribution in [1.82, 2.24) is 9.55 Å². The Bertz CT molecular complexity index is 1430. The number of nitrogens with one attached hydrogen (secondary N) is 1. The van der Waals surface area contributed by atoms with Crippen molar-refractivity contribution in [3.05, 3.63) is 89.0 Å². The number of fused-ring (bicyclic) bond motifs is 1. The molecule has 166 valence electrons. The molecule has 0 unspecified atom stereocenters. The van der Waals surface area contributed by atoms with Gasteiger partial charge in [-0.2, -0.15) is 13.2 Å². The maximum Gasteiger partial charge on any atom is 0.471 e. The van der Waals surface area contributed by atoms with E-state index in [0.29, 0.717) is 11.2 Å². The number of hydrogen-bond acceptors (Lipinski definition) is 4. The number of primary amides is 1. The lowest BCUT2D eigenvalue weighted by Crippen LogP contribution is -2.29. The molecule has 0 aliphatic carbocycles. The molecule has 0 radical (unpaired) electrons. The van der Waals surface area contributed by atoms with Crippen LogP contribution in [0.25, 0.3) is 27.7 Å². The number of nitrogens with two attached hydrogens (primary N) is 1. The van der Waals surface area contributed by atoms with Gasteiger partial charge in [0, 0.05) is 35.4 Å². The normalized spacial score (nSPS) is 11.4. The summed E-state index contributed by atoms with van der Waals surface area (Å²) < 4.78 is 39.0. The van der Waals surface area contributed by atoms with Crippen LogP contribution in [0.3, 0.4) is 0 Å². The highest BCUT2D eigenvalue weighted by molar-refractivity contribution is 5.98. The molecule has 0 saturated carbocycles. The molecule has 2 aromatic carbocycles. The third-order valence-electron chi connectivity index (χ3n) is 4.94. The van der Waals surface area contributed by atoms with E-state index in [1.54, 1.807) is 48.0 Å². The Balaban J connectivity index is 1.86. The summed E-state index contributed by atoms with van der Waals surface area (Å²) in [6.07, 6.45) is -0.493. The summed E-state index contributed by atoms with van der Waals surface area (Å²) in [6.45, 7) is 0. The molecule has 33 heavy (non-hydrogen) atoms. The van der Waals surface area contributed by atoms with Crippen LogP contribution in [0.2, 0.25) is 0 Å². The maximum absolute atomic E-state index is 12.8. The highest BCUT2D eigenvalue weighted by Crippen LogP contribution is 2.26. The topological polar surface area (TPSA) is 107 Å². The molecule has 2 aromatic heterocycles. The quantitative estimate of drug-likeness (QED) is 0.493. The van der Waals surface area contributed by atoms with E-state index in [1.165, 1.54) is 35.0 Å². The van der Waals surface area contributed by atoms with Crippen molar-refractivity contribution in [2.24, 2.45) is 5.73 Å². The van der Waals surface area contributed by atoms with Crippen molar-refractivity contribution in [2.45, 2.75) is 6.18 Å². The summed E-state index contributed by atoms with van der Waals surface area (Å²) in [5.41, 5.74) is 7.03. The molecule has 4 rings (SSSR count). The van der Waals surface area contributed by atoms with Gasteiger partial charge in [-0.15, -0.1) is 0 Å². The van der Waals surface area contributed by atoms with Gasteiger partial charge in [0.1, 0.15) is 5.56 Å². The minimum absolute atomic E-state index is 0.0703. The smallest absolute Gasteiger partial charge is 0.365 e. The molecule has 0 saturated heterocycles. The van der Waals surface area contributed by atoms with E-state index < -0.39 is 23.4 Å². The van der Waals surface area contributed by atoms with Crippen LogP contribution >= 0.6 is 0 Å². The Labute approximate surface area is 184 Å². The highest BCUT2D eigenvalue weighted by Gasteiger charge is 2.38. The molecule has 2 heterocycles. The molecular formula is C23H15F3N4O3. The Morgan fingerprint density at radius 1 is 0.939 bits per heavy atom. The lowest BCUT2D eigenvalue weighted by atomic mass is 10.0. The van der Waals surface area contributed by atoms with E-state index in [9.17, 15) is 27.6 Å². The average Bonchev–Trinajstić information content (AvgIpc) is 2.79. The Hall–Kier alpha value is -4.47. The summed E-state index contributed by atoms with van der Waals surface area (Å²) >= 11 is 0. The Morgan fingerprint density at radius 3 is 2.21 bits per heavy atom. The van der Waals surface area contributed by atoms with Crippen molar-refractivity contribution in [2.75, 3.05) is 5.32 Å². The van der Waals surface area contributed by atoms with Crippen LogP contribution in [0.5, 0.6) is 0 Å². The Morgan fingerprint density at radius 2 is 1.61 bits per heavy atom. The van der Waals surface area contributed by atoms with Crippen molar-refractivity contribution >= 4 is 28.4 Å². The van der Waals surface area contributed by atoms with Gasteiger partial charge in [0.05, 0.1) is 5.52 Å². The van der Waals surface area contributed by atoms with E-state index in [4.69, 9.17) is 5.73 Å². The lowest BCUT2D eigenvalue weighted by molar-refractivity contribution is -0.167. The zero-order chi connectivity index (χ0) is 23.8. The second-order valence-electron chi connectivity index (χ2n) is 7.07. The molecule has 0 spiro atoms. The number of rotatable bonds is 4. The van der Waals surface area contributed by atoms with Crippen LogP contribution in [0, 0.1) is 0 Å². The highest BCUT2D eigenvalue weighted by atomic mass is 19.4. The van der Waals surface area contributed by atoms with Crippen LogP contribution in [0.15, 0.2) is 78.0 Å². The van der Waals surface area contributed by atoms with Gasteiger partial charge < -0.3 is 15.6 Å². The summed E-state index contributed by atoms with van der Waals surface area (Å²) in [7, 11) is 0. The zero-order valence-corrected chi connectivity index (χ0v) is 16.8. The second-order valence-corrected chi connectivity index (χ2v) is 7.07. The molecule has 2 amide bonds. The van der Waals surface area contributed by atoms with Crippen molar-refractivity contribution < 1.29 is 22.8 Å². The molecule has 0 aliphatic heterocycles. The number of aromatic nitrogens is 2. The van der Waals surface area contributed by atoms with Crippen LogP contribution < -0.4 is 16.5 Å². The van der Waals surface area contributed by atoms with Gasteiger partial charge in [0.15, 0.2) is 0 Å². The van der Waals surface area contributed by atoms with E-state index >= 15 is 0 Å². The van der Waals surface area contributed by atoms with Crippen molar-refractivity contribution in [1.29, 1.82) is 0 Å². The van der Waals surface area contributed by atoms with Gasteiger partial charge in [-0.3, -0.25) is 19.4 Å². The predicted octanol–water partition coefficient (Wildman–Crippen LogP) is 3.65. The Kier molecular flexibility index (Phi) is 5.42. The molecule has 0 bridgehead atoms. The van der Waals surface area contributed by atoms with Crippen LogP contribution in [-0.4, -0.2) is 27.5 Å². The minimum atomic E-state index is -5.02. The van der Waals surface area contributed by atoms with Gasteiger partial charge in [0.2, 0.25) is 5.43 Å². The van der Waals surface area contributed by atoms with E-state index in [1.807, 2.05) is 0 Å². The number of pyridine rings is 2. The molecule has 0 atom stereocenters. The largest absolute Gasteiger partial charge is 0.471 e.